The number of methoxy groups -OCH3 is 1. The zero-order valence-corrected chi connectivity index (χ0v) is 25.7. The third kappa shape index (κ3) is 8.01. The standard InChI is InChI=1S/C31H38ClN3O5S/c1-6-28(31(37)33-19-22(2)3)34(20-24-13-11-10-12-23(24)4)30(36)21-35(25-16-17-29(40-5)27(32)18-25)41(38,39)26-14-8-7-9-15-26/h7-18,22,28H,6,19-21H2,1-5H3,(H,33,37)/t28-/m1/s1. The summed E-state index contributed by atoms with van der Waals surface area (Å²) in [5.41, 5.74) is 2.01. The lowest BCUT2D eigenvalue weighted by molar-refractivity contribution is -0.140. The molecule has 3 aromatic rings. The number of halogens is 1. The molecular weight excluding hydrogens is 562 g/mol. The van der Waals surface area contributed by atoms with E-state index in [9.17, 15) is 18.0 Å². The van der Waals surface area contributed by atoms with Gasteiger partial charge in [0.2, 0.25) is 11.8 Å². The summed E-state index contributed by atoms with van der Waals surface area (Å²) in [5.74, 6) is -0.213. The van der Waals surface area contributed by atoms with Crippen LogP contribution in [0.3, 0.4) is 0 Å². The third-order valence-corrected chi connectivity index (χ3v) is 8.79. The van der Waals surface area contributed by atoms with Crippen molar-refractivity contribution in [3.8, 4) is 5.75 Å². The summed E-state index contributed by atoms with van der Waals surface area (Å²) < 4.78 is 34.1. The van der Waals surface area contributed by atoms with Gasteiger partial charge < -0.3 is 15.0 Å². The number of aryl methyl sites for hydroxylation is 1. The Labute approximate surface area is 248 Å². The van der Waals surface area contributed by atoms with Gasteiger partial charge in [-0.3, -0.25) is 13.9 Å². The fourth-order valence-corrected chi connectivity index (χ4v) is 6.05. The number of nitrogens with one attached hydrogen (secondary N) is 1. The van der Waals surface area contributed by atoms with Gasteiger partial charge in [0.1, 0.15) is 18.3 Å². The number of sulfonamides is 1. The van der Waals surface area contributed by atoms with Crippen molar-refractivity contribution in [3.63, 3.8) is 0 Å². The van der Waals surface area contributed by atoms with Crippen LogP contribution in [-0.2, 0) is 26.2 Å². The highest BCUT2D eigenvalue weighted by molar-refractivity contribution is 7.92. The van der Waals surface area contributed by atoms with Gasteiger partial charge in [0, 0.05) is 13.1 Å². The van der Waals surface area contributed by atoms with E-state index >= 15 is 0 Å². The fraction of sp³-hybridized carbons (Fsp3) is 0.355. The first-order chi connectivity index (χ1) is 19.5. The molecule has 0 heterocycles. The monoisotopic (exact) mass is 599 g/mol. The van der Waals surface area contributed by atoms with Gasteiger partial charge in [0.05, 0.1) is 22.7 Å². The molecule has 220 valence electrons. The minimum Gasteiger partial charge on any atom is -0.495 e. The molecule has 3 rings (SSSR count). The molecule has 3 aromatic carbocycles. The Morgan fingerprint density at radius 1 is 1.00 bits per heavy atom. The van der Waals surface area contributed by atoms with E-state index in [2.05, 4.69) is 5.32 Å². The van der Waals surface area contributed by atoms with Gasteiger partial charge in [0.25, 0.3) is 10.0 Å². The molecule has 0 aliphatic rings. The molecule has 0 radical (unpaired) electrons. The summed E-state index contributed by atoms with van der Waals surface area (Å²) in [6, 6.07) is 19.2. The molecule has 1 N–H and O–H groups in total. The molecule has 10 heteroatoms. The summed E-state index contributed by atoms with van der Waals surface area (Å²) in [6.07, 6.45) is 0.349. The van der Waals surface area contributed by atoms with Crippen molar-refractivity contribution < 1.29 is 22.7 Å². The summed E-state index contributed by atoms with van der Waals surface area (Å²) in [7, 11) is -2.73. The van der Waals surface area contributed by atoms with Crippen molar-refractivity contribution in [2.24, 2.45) is 5.92 Å². The maximum atomic E-state index is 14.2. The first-order valence-electron chi connectivity index (χ1n) is 13.5. The molecule has 0 saturated carbocycles. The number of amides is 2. The van der Waals surface area contributed by atoms with Crippen molar-refractivity contribution in [2.45, 2.75) is 51.6 Å². The SMILES string of the molecule is CC[C@H](C(=O)NCC(C)C)N(Cc1ccccc1C)C(=O)CN(c1ccc(OC)c(Cl)c1)S(=O)(=O)c1ccccc1. The van der Waals surface area contributed by atoms with Crippen LogP contribution in [-0.4, -0.2) is 51.4 Å². The van der Waals surface area contributed by atoms with Crippen LogP contribution >= 0.6 is 11.6 Å². The number of rotatable bonds is 13. The Morgan fingerprint density at radius 2 is 1.66 bits per heavy atom. The van der Waals surface area contributed by atoms with Crippen LogP contribution in [0.25, 0.3) is 0 Å². The van der Waals surface area contributed by atoms with Crippen molar-refractivity contribution in [2.75, 3.05) is 24.5 Å². The molecule has 41 heavy (non-hydrogen) atoms. The second-order valence-electron chi connectivity index (χ2n) is 10.2. The Morgan fingerprint density at radius 3 is 2.24 bits per heavy atom. The molecular formula is C31H38ClN3O5S. The number of hydrogen-bond acceptors (Lipinski definition) is 5. The lowest BCUT2D eigenvalue weighted by Gasteiger charge is -2.33. The van der Waals surface area contributed by atoms with Gasteiger partial charge in [-0.25, -0.2) is 8.42 Å². The molecule has 0 saturated heterocycles. The predicted octanol–water partition coefficient (Wildman–Crippen LogP) is 5.43. The quantitative estimate of drug-likeness (QED) is 0.283. The Bertz CT molecular complexity index is 1450. The molecule has 0 unspecified atom stereocenters. The van der Waals surface area contributed by atoms with Crippen LogP contribution in [0.2, 0.25) is 5.02 Å². The maximum absolute atomic E-state index is 14.2. The fourth-order valence-electron chi connectivity index (χ4n) is 4.37. The van der Waals surface area contributed by atoms with Gasteiger partial charge in [-0.2, -0.15) is 0 Å². The minimum atomic E-state index is -4.19. The van der Waals surface area contributed by atoms with Crippen LogP contribution in [0.5, 0.6) is 5.75 Å². The van der Waals surface area contributed by atoms with Crippen LogP contribution < -0.4 is 14.4 Å². The van der Waals surface area contributed by atoms with E-state index in [1.165, 1.54) is 36.3 Å². The molecule has 2 amide bonds. The smallest absolute Gasteiger partial charge is 0.264 e. The largest absolute Gasteiger partial charge is 0.495 e. The van der Waals surface area contributed by atoms with E-state index in [1.54, 1.807) is 24.3 Å². The van der Waals surface area contributed by atoms with Gasteiger partial charge in [-0.1, -0.05) is 74.8 Å². The van der Waals surface area contributed by atoms with E-state index < -0.39 is 28.5 Å². The molecule has 0 aliphatic carbocycles. The first kappa shape index (κ1) is 32.0. The van der Waals surface area contributed by atoms with Gasteiger partial charge in [-0.15, -0.1) is 0 Å². The first-order valence-corrected chi connectivity index (χ1v) is 15.3. The van der Waals surface area contributed by atoms with E-state index in [1.807, 2.05) is 52.0 Å². The number of benzene rings is 3. The van der Waals surface area contributed by atoms with Crippen LogP contribution in [0.15, 0.2) is 77.7 Å². The van der Waals surface area contributed by atoms with Crippen LogP contribution in [0.1, 0.15) is 38.3 Å². The molecule has 0 bridgehead atoms. The average molecular weight is 600 g/mol. The number of carbonyl (C=O) groups excluding carboxylic acids is 2. The van der Waals surface area contributed by atoms with Crippen molar-refractivity contribution in [1.29, 1.82) is 0 Å². The topological polar surface area (TPSA) is 96.0 Å². The predicted molar refractivity (Wildman–Crippen MR) is 163 cm³/mol. The molecule has 0 aromatic heterocycles. The zero-order valence-electron chi connectivity index (χ0n) is 24.1. The highest BCUT2D eigenvalue weighted by Gasteiger charge is 2.34. The highest BCUT2D eigenvalue weighted by Crippen LogP contribution is 2.32. The van der Waals surface area contributed by atoms with Crippen LogP contribution in [0.4, 0.5) is 5.69 Å². The normalized spacial score (nSPS) is 12.1. The number of anilines is 1. The average Bonchev–Trinajstić information content (AvgIpc) is 2.95. The zero-order chi connectivity index (χ0) is 30.2. The van der Waals surface area contributed by atoms with E-state index in [-0.39, 0.29) is 34.0 Å². The second-order valence-corrected chi connectivity index (χ2v) is 12.4. The maximum Gasteiger partial charge on any atom is 0.264 e. The lowest BCUT2D eigenvalue weighted by Crippen LogP contribution is -2.52. The summed E-state index contributed by atoms with van der Waals surface area (Å²) in [6.45, 7) is 7.80. The lowest BCUT2D eigenvalue weighted by atomic mass is 10.1. The number of nitrogens with zero attached hydrogens (tertiary/aromatic N) is 2. The van der Waals surface area contributed by atoms with E-state index in [4.69, 9.17) is 16.3 Å². The molecule has 8 nitrogen and oxygen atoms in total. The minimum absolute atomic E-state index is 0.0203. The number of hydrogen-bond donors (Lipinski definition) is 1. The van der Waals surface area contributed by atoms with Gasteiger partial charge >= 0.3 is 0 Å². The Kier molecular flexibility index (Phi) is 11.2. The number of ether oxygens (including phenoxy) is 1. The molecule has 0 aliphatic heterocycles. The van der Waals surface area contributed by atoms with Crippen molar-refractivity contribution in [1.82, 2.24) is 10.2 Å². The van der Waals surface area contributed by atoms with E-state index in [0.717, 1.165) is 15.4 Å². The van der Waals surface area contributed by atoms with Gasteiger partial charge in [0.15, 0.2) is 0 Å². The molecule has 1 atom stereocenters. The summed E-state index contributed by atoms with van der Waals surface area (Å²) >= 11 is 6.37. The summed E-state index contributed by atoms with van der Waals surface area (Å²) in [5, 5.41) is 3.13. The summed E-state index contributed by atoms with van der Waals surface area (Å²) in [4.78, 5) is 29.0. The van der Waals surface area contributed by atoms with Crippen molar-refractivity contribution in [3.05, 3.63) is 88.9 Å². The van der Waals surface area contributed by atoms with E-state index in [0.29, 0.717) is 18.7 Å². The molecule has 0 spiro atoms. The molecule has 0 fully saturated rings. The Balaban J connectivity index is 2.08. The van der Waals surface area contributed by atoms with Gasteiger partial charge in [-0.05, 0) is 60.7 Å². The highest BCUT2D eigenvalue weighted by atomic mass is 35.5. The third-order valence-electron chi connectivity index (χ3n) is 6.71. The number of carbonyl (C=O) groups is 2. The second kappa shape index (κ2) is 14.4. The van der Waals surface area contributed by atoms with Crippen molar-refractivity contribution >= 4 is 39.1 Å². The van der Waals surface area contributed by atoms with Crippen LogP contribution in [0, 0.1) is 12.8 Å². The Hall–Kier alpha value is -3.56.